The highest BCUT2D eigenvalue weighted by Gasteiger charge is 2.46. The van der Waals surface area contributed by atoms with Gasteiger partial charge in [-0.25, -0.2) is 4.39 Å². The lowest BCUT2D eigenvalue weighted by Gasteiger charge is -2.25. The van der Waals surface area contributed by atoms with Gasteiger partial charge in [-0.2, -0.15) is 0 Å². The van der Waals surface area contributed by atoms with E-state index >= 15 is 0 Å². The molecular formula is C21H22FNO2. The van der Waals surface area contributed by atoms with Gasteiger partial charge in [-0.1, -0.05) is 42.5 Å². The molecule has 0 aliphatic carbocycles. The van der Waals surface area contributed by atoms with Crippen LogP contribution >= 0.6 is 0 Å². The summed E-state index contributed by atoms with van der Waals surface area (Å²) in [7, 11) is 0. The van der Waals surface area contributed by atoms with Crippen molar-refractivity contribution in [2.45, 2.75) is 24.9 Å². The number of ether oxygens (including phenoxy) is 1. The van der Waals surface area contributed by atoms with Gasteiger partial charge in [-0.05, 0) is 23.3 Å². The fraction of sp³-hybridized carbons (Fsp3) is 0.381. The van der Waals surface area contributed by atoms with Gasteiger partial charge in [0.1, 0.15) is 11.6 Å². The van der Waals surface area contributed by atoms with E-state index in [9.17, 15) is 9.18 Å². The third kappa shape index (κ3) is 3.37. The Labute approximate surface area is 147 Å². The number of carbonyl (C=O) groups is 1. The molecular weight excluding hydrogens is 317 g/mol. The summed E-state index contributed by atoms with van der Waals surface area (Å²) in [6.07, 6.45) is 0.451. The number of hydrogen-bond donors (Lipinski definition) is 0. The molecule has 4 rings (SSSR count). The first-order valence-electron chi connectivity index (χ1n) is 8.86. The second kappa shape index (κ2) is 7.06. The lowest BCUT2D eigenvalue weighted by atomic mass is 9.82. The number of benzene rings is 2. The zero-order chi connectivity index (χ0) is 17.2. The molecule has 130 valence electrons. The minimum absolute atomic E-state index is 0.0265. The summed E-state index contributed by atoms with van der Waals surface area (Å²) in [4.78, 5) is 15.1. The quantitative estimate of drug-likeness (QED) is 0.858. The summed E-state index contributed by atoms with van der Waals surface area (Å²) in [5.41, 5.74) is 2.14. The maximum Gasteiger partial charge on any atom is 0.140 e. The van der Waals surface area contributed by atoms with Crippen LogP contribution in [0.5, 0.6) is 0 Å². The van der Waals surface area contributed by atoms with Crippen LogP contribution in [0.4, 0.5) is 4.39 Å². The second-order valence-electron chi connectivity index (χ2n) is 6.96. The summed E-state index contributed by atoms with van der Waals surface area (Å²) in [6, 6.07) is 17.0. The summed E-state index contributed by atoms with van der Waals surface area (Å²) >= 11 is 0. The molecule has 0 saturated carbocycles. The highest BCUT2D eigenvalue weighted by atomic mass is 19.1. The van der Waals surface area contributed by atoms with Crippen molar-refractivity contribution < 1.29 is 13.9 Å². The second-order valence-corrected chi connectivity index (χ2v) is 6.96. The van der Waals surface area contributed by atoms with Crippen LogP contribution in [-0.4, -0.2) is 36.5 Å². The first-order chi connectivity index (χ1) is 12.2. The van der Waals surface area contributed by atoms with Crippen molar-refractivity contribution in [3.05, 3.63) is 71.5 Å². The van der Waals surface area contributed by atoms with Crippen LogP contribution in [0.15, 0.2) is 54.6 Å². The van der Waals surface area contributed by atoms with E-state index in [2.05, 4.69) is 17.0 Å². The SMILES string of the molecule is O=C1CCOC[C@H]2[C@@H]1[C@H](c1cccc(F)c1)CN2Cc1ccccc1. The number of rotatable bonds is 3. The van der Waals surface area contributed by atoms with Gasteiger partial charge in [0.2, 0.25) is 0 Å². The molecule has 2 aromatic rings. The Balaban J connectivity index is 1.66. The zero-order valence-electron chi connectivity index (χ0n) is 14.1. The van der Waals surface area contributed by atoms with Crippen molar-refractivity contribution in [1.82, 2.24) is 4.90 Å². The molecule has 3 nitrogen and oxygen atoms in total. The first-order valence-corrected chi connectivity index (χ1v) is 8.86. The molecule has 2 saturated heterocycles. The van der Waals surface area contributed by atoms with E-state index in [4.69, 9.17) is 4.74 Å². The number of fused-ring (bicyclic) bond motifs is 1. The number of carbonyl (C=O) groups excluding carboxylic acids is 1. The van der Waals surface area contributed by atoms with E-state index < -0.39 is 0 Å². The van der Waals surface area contributed by atoms with Crippen LogP contribution in [0.3, 0.4) is 0 Å². The molecule has 0 amide bonds. The molecule has 0 unspecified atom stereocenters. The van der Waals surface area contributed by atoms with Gasteiger partial charge in [-0.3, -0.25) is 9.69 Å². The van der Waals surface area contributed by atoms with E-state index in [1.807, 2.05) is 24.3 Å². The molecule has 2 heterocycles. The molecule has 3 atom stereocenters. The normalized spacial score (nSPS) is 27.1. The molecule has 0 bridgehead atoms. The van der Waals surface area contributed by atoms with Gasteiger partial charge in [0.15, 0.2) is 0 Å². The molecule has 4 heteroatoms. The smallest absolute Gasteiger partial charge is 0.140 e. The molecule has 2 aliphatic heterocycles. The Morgan fingerprint density at radius 1 is 1.12 bits per heavy atom. The Hall–Kier alpha value is -2.04. The van der Waals surface area contributed by atoms with Gasteiger partial charge < -0.3 is 4.74 Å². The molecule has 2 aliphatic rings. The van der Waals surface area contributed by atoms with E-state index in [-0.39, 0.29) is 29.5 Å². The van der Waals surface area contributed by atoms with Gasteiger partial charge in [0.05, 0.1) is 13.2 Å². The van der Waals surface area contributed by atoms with Gasteiger partial charge >= 0.3 is 0 Å². The Kier molecular flexibility index (Phi) is 4.64. The molecule has 0 spiro atoms. The topological polar surface area (TPSA) is 29.5 Å². The van der Waals surface area contributed by atoms with E-state index in [1.54, 1.807) is 12.1 Å². The van der Waals surface area contributed by atoms with Crippen LogP contribution in [0.1, 0.15) is 23.5 Å². The molecule has 2 fully saturated rings. The highest BCUT2D eigenvalue weighted by Crippen LogP contribution is 2.40. The third-order valence-electron chi connectivity index (χ3n) is 5.41. The molecule has 25 heavy (non-hydrogen) atoms. The first kappa shape index (κ1) is 16.4. The number of nitrogens with zero attached hydrogens (tertiary/aromatic N) is 1. The third-order valence-corrected chi connectivity index (χ3v) is 5.41. The number of halogens is 1. The maximum atomic E-state index is 13.7. The average molecular weight is 339 g/mol. The van der Waals surface area contributed by atoms with Gasteiger partial charge in [-0.15, -0.1) is 0 Å². The lowest BCUT2D eigenvalue weighted by Crippen LogP contribution is -2.37. The molecule has 0 aromatic heterocycles. The van der Waals surface area contributed by atoms with Crippen LogP contribution in [0, 0.1) is 11.7 Å². The van der Waals surface area contributed by atoms with Crippen LogP contribution in [-0.2, 0) is 16.1 Å². The molecule has 0 N–H and O–H groups in total. The van der Waals surface area contributed by atoms with E-state index in [0.29, 0.717) is 19.6 Å². The highest BCUT2D eigenvalue weighted by molar-refractivity contribution is 5.83. The minimum atomic E-state index is -0.243. The monoisotopic (exact) mass is 339 g/mol. The van der Waals surface area contributed by atoms with E-state index in [1.165, 1.54) is 11.6 Å². The number of likely N-dealkylation sites (tertiary alicyclic amines) is 1. The predicted molar refractivity (Wildman–Crippen MR) is 93.7 cm³/mol. The number of ketones is 1. The molecule has 2 aromatic carbocycles. The maximum absolute atomic E-state index is 13.7. The van der Waals surface area contributed by atoms with Crippen LogP contribution in [0.2, 0.25) is 0 Å². The predicted octanol–water partition coefficient (Wildman–Crippen LogP) is 3.40. The van der Waals surface area contributed by atoms with Gasteiger partial charge in [0, 0.05) is 37.4 Å². The van der Waals surface area contributed by atoms with Crippen molar-refractivity contribution >= 4 is 5.78 Å². The fourth-order valence-corrected chi connectivity index (χ4v) is 4.24. The summed E-state index contributed by atoms with van der Waals surface area (Å²) < 4.78 is 19.5. The minimum Gasteiger partial charge on any atom is -0.379 e. The standard InChI is InChI=1S/C21H22FNO2/c22-17-8-4-7-16(11-17)18-13-23(12-15-5-2-1-3-6-15)19-14-25-10-9-20(24)21(18)19/h1-8,11,18-19,21H,9-10,12-14H2/t18-,19-,21-/m0/s1. The van der Waals surface area contributed by atoms with Crippen molar-refractivity contribution in [2.75, 3.05) is 19.8 Å². The van der Waals surface area contributed by atoms with Crippen molar-refractivity contribution in [3.63, 3.8) is 0 Å². The Morgan fingerprint density at radius 3 is 2.76 bits per heavy atom. The van der Waals surface area contributed by atoms with Crippen LogP contribution < -0.4 is 0 Å². The molecule has 0 radical (unpaired) electrons. The van der Waals surface area contributed by atoms with Gasteiger partial charge in [0.25, 0.3) is 0 Å². The summed E-state index contributed by atoms with van der Waals surface area (Å²) in [5.74, 6) is -0.0909. The number of hydrogen-bond acceptors (Lipinski definition) is 3. The van der Waals surface area contributed by atoms with Crippen molar-refractivity contribution in [2.24, 2.45) is 5.92 Å². The van der Waals surface area contributed by atoms with Crippen molar-refractivity contribution in [1.29, 1.82) is 0 Å². The Morgan fingerprint density at radius 2 is 1.96 bits per heavy atom. The van der Waals surface area contributed by atoms with E-state index in [0.717, 1.165) is 18.7 Å². The largest absolute Gasteiger partial charge is 0.379 e. The van der Waals surface area contributed by atoms with Crippen LogP contribution in [0.25, 0.3) is 0 Å². The average Bonchev–Trinajstić information content (AvgIpc) is 2.86. The number of Topliss-reactive ketones (excluding diaryl/α,β-unsaturated/α-hetero) is 1. The zero-order valence-corrected chi connectivity index (χ0v) is 14.1. The fourth-order valence-electron chi connectivity index (χ4n) is 4.24. The lowest BCUT2D eigenvalue weighted by molar-refractivity contribution is -0.123. The summed E-state index contributed by atoms with van der Waals surface area (Å²) in [5, 5.41) is 0. The summed E-state index contributed by atoms with van der Waals surface area (Å²) in [6.45, 7) is 2.59. The van der Waals surface area contributed by atoms with Crippen molar-refractivity contribution in [3.8, 4) is 0 Å². The Bertz CT molecular complexity index is 749.